The van der Waals surface area contributed by atoms with E-state index in [4.69, 9.17) is 0 Å². The molecule has 1 aliphatic heterocycles. The highest BCUT2D eigenvalue weighted by Gasteiger charge is 2.26. The van der Waals surface area contributed by atoms with E-state index < -0.39 is 0 Å². The van der Waals surface area contributed by atoms with Gasteiger partial charge in [-0.1, -0.05) is 32.1 Å². The molecule has 0 bridgehead atoms. The minimum absolute atomic E-state index is 0.0855. The van der Waals surface area contributed by atoms with E-state index in [-0.39, 0.29) is 5.41 Å². The average molecular weight is 305 g/mol. The van der Waals surface area contributed by atoms with E-state index in [1.807, 2.05) is 6.20 Å². The molecule has 3 heterocycles. The van der Waals surface area contributed by atoms with Crippen LogP contribution in [0.3, 0.4) is 0 Å². The number of aromatic amines is 1. The fourth-order valence-corrected chi connectivity index (χ4v) is 3.75. The number of hydrogen-bond acceptors (Lipinski definition) is 5. The van der Waals surface area contributed by atoms with E-state index in [0.717, 1.165) is 36.1 Å². The Kier molecular flexibility index (Phi) is 3.73. The molecule has 1 N–H and O–H groups in total. The number of aryl methyl sites for hydroxylation is 1. The second-order valence-corrected chi connectivity index (χ2v) is 7.81. The highest BCUT2D eigenvalue weighted by Crippen LogP contribution is 2.34. The number of rotatable bonds is 2. The Bertz CT molecular complexity index is 602. The second-order valence-electron chi connectivity index (χ2n) is 6.85. The standard InChI is InChI=1S/C15H23N5S/c1-10-12(9-16-17-10)11-5-7-20(8-6-11)14-19-18-13(21-14)15(2,3)4/h9,11H,5-8H2,1-4H3,(H,16,17). The third kappa shape index (κ3) is 2.95. The van der Waals surface area contributed by atoms with Crippen LogP contribution in [-0.4, -0.2) is 33.5 Å². The summed E-state index contributed by atoms with van der Waals surface area (Å²) in [4.78, 5) is 2.37. The summed E-state index contributed by atoms with van der Waals surface area (Å²) in [5, 5.41) is 18.1. The molecule has 0 radical (unpaired) electrons. The predicted octanol–water partition coefficient (Wildman–Crippen LogP) is 3.25. The summed E-state index contributed by atoms with van der Waals surface area (Å²) in [6.07, 6.45) is 4.30. The lowest BCUT2D eigenvalue weighted by molar-refractivity contribution is 0.502. The van der Waals surface area contributed by atoms with E-state index in [0.29, 0.717) is 5.92 Å². The van der Waals surface area contributed by atoms with Crippen LogP contribution < -0.4 is 4.90 Å². The summed E-state index contributed by atoms with van der Waals surface area (Å²) in [5.74, 6) is 0.620. The van der Waals surface area contributed by atoms with Crippen LogP contribution in [0.1, 0.15) is 55.8 Å². The largest absolute Gasteiger partial charge is 0.347 e. The highest BCUT2D eigenvalue weighted by molar-refractivity contribution is 7.15. The van der Waals surface area contributed by atoms with Crippen LogP contribution in [0.4, 0.5) is 5.13 Å². The van der Waals surface area contributed by atoms with Gasteiger partial charge in [0.05, 0.1) is 6.20 Å². The van der Waals surface area contributed by atoms with Crippen molar-refractivity contribution in [3.8, 4) is 0 Å². The molecular formula is C15H23N5S. The maximum Gasteiger partial charge on any atom is 0.208 e. The van der Waals surface area contributed by atoms with Crippen molar-refractivity contribution in [3.63, 3.8) is 0 Å². The first kappa shape index (κ1) is 14.5. The third-order valence-electron chi connectivity index (χ3n) is 4.13. The molecule has 5 nitrogen and oxygen atoms in total. The number of hydrogen-bond donors (Lipinski definition) is 1. The van der Waals surface area contributed by atoms with Crippen LogP contribution >= 0.6 is 11.3 Å². The van der Waals surface area contributed by atoms with Gasteiger partial charge in [-0.25, -0.2) is 0 Å². The molecule has 0 saturated carbocycles. The Hall–Kier alpha value is -1.43. The topological polar surface area (TPSA) is 57.7 Å². The van der Waals surface area contributed by atoms with Crippen molar-refractivity contribution in [2.75, 3.05) is 18.0 Å². The monoisotopic (exact) mass is 305 g/mol. The molecule has 0 unspecified atom stereocenters. The van der Waals surface area contributed by atoms with Gasteiger partial charge in [-0.3, -0.25) is 5.10 Å². The molecule has 21 heavy (non-hydrogen) atoms. The average Bonchev–Trinajstić information content (AvgIpc) is 3.07. The lowest BCUT2D eigenvalue weighted by Gasteiger charge is -2.31. The van der Waals surface area contributed by atoms with Crippen molar-refractivity contribution < 1.29 is 0 Å². The first-order chi connectivity index (χ1) is 9.95. The van der Waals surface area contributed by atoms with Crippen LogP contribution in [0.15, 0.2) is 6.20 Å². The Balaban J connectivity index is 1.66. The Labute approximate surface area is 129 Å². The van der Waals surface area contributed by atoms with Crippen LogP contribution in [0.25, 0.3) is 0 Å². The summed E-state index contributed by atoms with van der Waals surface area (Å²) in [6.45, 7) is 10.8. The number of piperidine rings is 1. The maximum absolute atomic E-state index is 4.39. The molecule has 114 valence electrons. The third-order valence-corrected chi connectivity index (χ3v) is 5.54. The molecule has 1 fully saturated rings. The van der Waals surface area contributed by atoms with Gasteiger partial charge in [-0.05, 0) is 31.2 Å². The molecular weight excluding hydrogens is 282 g/mol. The van der Waals surface area contributed by atoms with E-state index in [9.17, 15) is 0 Å². The van der Waals surface area contributed by atoms with E-state index >= 15 is 0 Å². The summed E-state index contributed by atoms with van der Waals surface area (Å²) >= 11 is 1.73. The van der Waals surface area contributed by atoms with Gasteiger partial charge in [0.15, 0.2) is 0 Å². The quantitative estimate of drug-likeness (QED) is 0.925. The van der Waals surface area contributed by atoms with Crippen LogP contribution in [0.5, 0.6) is 0 Å². The zero-order valence-electron chi connectivity index (χ0n) is 13.2. The number of H-pyrrole nitrogens is 1. The zero-order chi connectivity index (χ0) is 15.0. The first-order valence-corrected chi connectivity index (χ1v) is 8.35. The minimum Gasteiger partial charge on any atom is -0.347 e. The van der Waals surface area contributed by atoms with E-state index in [1.54, 1.807) is 11.3 Å². The smallest absolute Gasteiger partial charge is 0.208 e. The molecule has 3 rings (SSSR count). The lowest BCUT2D eigenvalue weighted by Crippen LogP contribution is -2.32. The van der Waals surface area contributed by atoms with Gasteiger partial charge < -0.3 is 4.90 Å². The van der Waals surface area contributed by atoms with Gasteiger partial charge in [0.2, 0.25) is 5.13 Å². The van der Waals surface area contributed by atoms with Gasteiger partial charge in [0.25, 0.3) is 0 Å². The van der Waals surface area contributed by atoms with Crippen LogP contribution in [0.2, 0.25) is 0 Å². The second kappa shape index (κ2) is 5.40. The van der Waals surface area contributed by atoms with Crippen LogP contribution in [0, 0.1) is 6.92 Å². The molecule has 2 aromatic heterocycles. The Morgan fingerprint density at radius 1 is 1.24 bits per heavy atom. The Morgan fingerprint density at radius 3 is 2.48 bits per heavy atom. The number of nitrogens with zero attached hydrogens (tertiary/aromatic N) is 4. The van der Waals surface area contributed by atoms with Crippen molar-refractivity contribution >= 4 is 16.5 Å². The summed E-state index contributed by atoms with van der Waals surface area (Å²) in [6, 6.07) is 0. The SMILES string of the molecule is Cc1[nH]ncc1C1CCN(c2nnc(C(C)(C)C)s2)CC1. The first-order valence-electron chi connectivity index (χ1n) is 7.54. The molecule has 2 aromatic rings. The fourth-order valence-electron chi connectivity index (χ4n) is 2.80. The molecule has 0 amide bonds. The van der Waals surface area contributed by atoms with Crippen LogP contribution in [-0.2, 0) is 5.41 Å². The van der Waals surface area contributed by atoms with Crippen molar-refractivity contribution in [2.24, 2.45) is 0 Å². The van der Waals surface area contributed by atoms with Gasteiger partial charge >= 0.3 is 0 Å². The van der Waals surface area contributed by atoms with Gasteiger partial charge in [0.1, 0.15) is 5.01 Å². The molecule has 0 aliphatic carbocycles. The van der Waals surface area contributed by atoms with Crippen molar-refractivity contribution in [1.82, 2.24) is 20.4 Å². The maximum atomic E-state index is 4.39. The summed E-state index contributed by atoms with van der Waals surface area (Å²) in [7, 11) is 0. The molecule has 0 spiro atoms. The molecule has 0 aromatic carbocycles. The summed E-state index contributed by atoms with van der Waals surface area (Å²) in [5.41, 5.74) is 2.67. The highest BCUT2D eigenvalue weighted by atomic mass is 32.1. The number of aromatic nitrogens is 4. The molecule has 6 heteroatoms. The van der Waals surface area contributed by atoms with Gasteiger partial charge in [0, 0.05) is 24.2 Å². The van der Waals surface area contributed by atoms with Crippen molar-refractivity contribution in [1.29, 1.82) is 0 Å². The molecule has 1 aliphatic rings. The van der Waals surface area contributed by atoms with Crippen molar-refractivity contribution in [2.45, 2.75) is 51.9 Å². The van der Waals surface area contributed by atoms with Gasteiger partial charge in [-0.2, -0.15) is 5.10 Å². The zero-order valence-corrected chi connectivity index (χ0v) is 14.0. The normalized spacial score (nSPS) is 17.4. The Morgan fingerprint density at radius 2 is 1.95 bits per heavy atom. The minimum atomic E-state index is 0.0855. The van der Waals surface area contributed by atoms with Gasteiger partial charge in [-0.15, -0.1) is 10.2 Å². The molecule has 1 saturated heterocycles. The molecule has 0 atom stereocenters. The number of anilines is 1. The summed E-state index contributed by atoms with van der Waals surface area (Å²) < 4.78 is 0. The van der Waals surface area contributed by atoms with Crippen molar-refractivity contribution in [3.05, 3.63) is 22.5 Å². The lowest BCUT2D eigenvalue weighted by atomic mass is 9.90. The van der Waals surface area contributed by atoms with E-state index in [1.165, 1.54) is 11.3 Å². The van der Waals surface area contributed by atoms with E-state index in [2.05, 4.69) is 53.0 Å². The fraction of sp³-hybridized carbons (Fsp3) is 0.667. The predicted molar refractivity (Wildman–Crippen MR) is 86.1 cm³/mol. The number of nitrogens with one attached hydrogen (secondary N) is 1.